The fraction of sp³-hybridized carbons (Fsp3) is 0.600. The van der Waals surface area contributed by atoms with Crippen molar-refractivity contribution in [1.82, 2.24) is 9.88 Å². The van der Waals surface area contributed by atoms with E-state index in [1.165, 1.54) is 6.20 Å². The second kappa shape index (κ2) is 6.20. The molecule has 1 aliphatic rings. The van der Waals surface area contributed by atoms with Crippen LogP contribution in [0, 0.1) is 0 Å². The van der Waals surface area contributed by atoms with Crippen molar-refractivity contribution in [3.8, 4) is 5.75 Å². The molecule has 0 spiro atoms. The van der Waals surface area contributed by atoms with Crippen molar-refractivity contribution in [2.45, 2.75) is 45.3 Å². The number of pyridine rings is 1. The third-order valence-electron chi connectivity index (χ3n) is 3.17. The Balaban J connectivity index is 1.91. The molecule has 1 amide bonds. The van der Waals surface area contributed by atoms with Gasteiger partial charge in [-0.05, 0) is 45.7 Å². The van der Waals surface area contributed by atoms with Crippen LogP contribution in [0.3, 0.4) is 0 Å². The third kappa shape index (κ3) is 4.81. The maximum absolute atomic E-state index is 12.1. The number of rotatable bonds is 2. The van der Waals surface area contributed by atoms with Crippen LogP contribution in [0.5, 0.6) is 5.75 Å². The van der Waals surface area contributed by atoms with E-state index in [4.69, 9.17) is 4.74 Å². The van der Waals surface area contributed by atoms with Gasteiger partial charge in [-0.1, -0.05) is 0 Å². The number of hydrogen-bond donors (Lipinski definition) is 2. The first-order valence-electron chi connectivity index (χ1n) is 7.23. The van der Waals surface area contributed by atoms with Gasteiger partial charge in [0.2, 0.25) is 0 Å². The van der Waals surface area contributed by atoms with Crippen LogP contribution in [0.1, 0.15) is 33.6 Å². The van der Waals surface area contributed by atoms with Gasteiger partial charge in [0.15, 0.2) is 0 Å². The van der Waals surface area contributed by atoms with Gasteiger partial charge in [-0.25, -0.2) is 9.78 Å². The van der Waals surface area contributed by atoms with Crippen LogP contribution in [-0.2, 0) is 4.74 Å². The van der Waals surface area contributed by atoms with Crippen LogP contribution in [0.2, 0.25) is 0 Å². The second-order valence-electron chi connectivity index (χ2n) is 6.31. The summed E-state index contributed by atoms with van der Waals surface area (Å²) in [6.45, 7) is 6.91. The van der Waals surface area contributed by atoms with Crippen molar-refractivity contribution < 1.29 is 14.6 Å². The molecular formula is C15H23N3O3. The lowest BCUT2D eigenvalue weighted by atomic mass is 10.1. The zero-order chi connectivity index (χ0) is 15.5. The Morgan fingerprint density at radius 3 is 2.86 bits per heavy atom. The van der Waals surface area contributed by atoms with Gasteiger partial charge in [0.05, 0.1) is 6.20 Å². The highest BCUT2D eigenvalue weighted by Gasteiger charge is 2.27. The van der Waals surface area contributed by atoms with E-state index in [9.17, 15) is 9.90 Å². The molecule has 116 valence electrons. The summed E-state index contributed by atoms with van der Waals surface area (Å²) >= 11 is 0. The van der Waals surface area contributed by atoms with Crippen molar-refractivity contribution in [2.24, 2.45) is 0 Å². The minimum atomic E-state index is -0.476. The monoisotopic (exact) mass is 293 g/mol. The van der Waals surface area contributed by atoms with Gasteiger partial charge in [0.1, 0.15) is 17.2 Å². The van der Waals surface area contributed by atoms with Crippen molar-refractivity contribution >= 4 is 11.9 Å². The molecule has 2 heterocycles. The van der Waals surface area contributed by atoms with E-state index in [2.05, 4.69) is 10.3 Å². The predicted molar refractivity (Wildman–Crippen MR) is 80.4 cm³/mol. The number of hydrogen-bond acceptors (Lipinski definition) is 5. The lowest BCUT2D eigenvalue weighted by Gasteiger charge is -2.34. The SMILES string of the molecule is CC(C)(C)OC(=O)N1CCCC(Nc2ccc(O)cn2)C1. The lowest BCUT2D eigenvalue weighted by molar-refractivity contribution is 0.0206. The van der Waals surface area contributed by atoms with E-state index in [0.29, 0.717) is 12.4 Å². The number of nitrogens with zero attached hydrogens (tertiary/aromatic N) is 2. The maximum atomic E-state index is 12.1. The molecule has 2 N–H and O–H groups in total. The fourth-order valence-electron chi connectivity index (χ4n) is 2.27. The highest BCUT2D eigenvalue weighted by atomic mass is 16.6. The van der Waals surface area contributed by atoms with Gasteiger partial charge in [-0.15, -0.1) is 0 Å². The Morgan fingerprint density at radius 1 is 1.48 bits per heavy atom. The minimum absolute atomic E-state index is 0.138. The van der Waals surface area contributed by atoms with E-state index in [1.54, 1.807) is 17.0 Å². The normalized spacial score (nSPS) is 19.2. The number of carbonyl (C=O) groups is 1. The largest absolute Gasteiger partial charge is 0.506 e. The molecule has 1 aromatic rings. The predicted octanol–water partition coefficient (Wildman–Crippen LogP) is 2.60. The Bertz CT molecular complexity index is 482. The van der Waals surface area contributed by atoms with Crippen LogP contribution in [0.15, 0.2) is 18.3 Å². The molecule has 0 bridgehead atoms. The first-order valence-corrected chi connectivity index (χ1v) is 7.23. The Morgan fingerprint density at radius 2 is 2.24 bits per heavy atom. The smallest absolute Gasteiger partial charge is 0.410 e. The highest BCUT2D eigenvalue weighted by molar-refractivity contribution is 5.68. The molecule has 2 rings (SSSR count). The summed E-state index contributed by atoms with van der Waals surface area (Å²) in [5, 5.41) is 12.5. The minimum Gasteiger partial charge on any atom is -0.506 e. The van der Waals surface area contributed by atoms with Gasteiger partial charge in [0, 0.05) is 19.1 Å². The third-order valence-corrected chi connectivity index (χ3v) is 3.17. The molecule has 0 aliphatic carbocycles. The van der Waals surface area contributed by atoms with E-state index in [-0.39, 0.29) is 17.9 Å². The van der Waals surface area contributed by atoms with Crippen LogP contribution in [0.25, 0.3) is 0 Å². The van der Waals surface area contributed by atoms with Crippen LogP contribution in [0.4, 0.5) is 10.6 Å². The molecule has 1 fully saturated rings. The summed E-state index contributed by atoms with van der Waals surface area (Å²) in [6, 6.07) is 3.45. The number of amides is 1. The number of anilines is 1. The topological polar surface area (TPSA) is 74.7 Å². The van der Waals surface area contributed by atoms with E-state index < -0.39 is 5.60 Å². The van der Waals surface area contributed by atoms with Gasteiger partial charge in [-0.2, -0.15) is 0 Å². The molecule has 6 heteroatoms. The number of ether oxygens (including phenoxy) is 1. The van der Waals surface area contributed by atoms with Crippen LogP contribution < -0.4 is 5.32 Å². The van der Waals surface area contributed by atoms with Gasteiger partial charge >= 0.3 is 6.09 Å². The number of aromatic nitrogens is 1. The van der Waals surface area contributed by atoms with E-state index >= 15 is 0 Å². The molecule has 0 aromatic carbocycles. The molecule has 1 atom stereocenters. The summed E-state index contributed by atoms with van der Waals surface area (Å²) in [5.74, 6) is 0.836. The highest BCUT2D eigenvalue weighted by Crippen LogP contribution is 2.18. The maximum Gasteiger partial charge on any atom is 0.410 e. The number of piperidine rings is 1. The molecule has 1 saturated heterocycles. The first kappa shape index (κ1) is 15.4. The number of aromatic hydroxyl groups is 1. The summed E-state index contributed by atoms with van der Waals surface area (Å²) < 4.78 is 5.40. The average molecular weight is 293 g/mol. The Labute approximate surface area is 125 Å². The molecular weight excluding hydrogens is 270 g/mol. The fourth-order valence-corrected chi connectivity index (χ4v) is 2.27. The standard InChI is InChI=1S/C15H23N3O3/c1-15(2,3)21-14(20)18-8-4-5-11(10-18)17-13-7-6-12(19)9-16-13/h6-7,9,11,19H,4-5,8,10H2,1-3H3,(H,16,17). The molecule has 21 heavy (non-hydrogen) atoms. The van der Waals surface area contributed by atoms with Gasteiger partial charge in [0.25, 0.3) is 0 Å². The van der Waals surface area contributed by atoms with Gasteiger partial charge in [-0.3, -0.25) is 0 Å². The number of carbonyl (C=O) groups excluding carboxylic acids is 1. The van der Waals surface area contributed by atoms with E-state index in [0.717, 1.165) is 19.4 Å². The summed E-state index contributed by atoms with van der Waals surface area (Å²) in [6.07, 6.45) is 3.03. The zero-order valence-corrected chi connectivity index (χ0v) is 12.8. The molecule has 1 aliphatic heterocycles. The number of nitrogens with one attached hydrogen (secondary N) is 1. The molecule has 6 nitrogen and oxygen atoms in total. The zero-order valence-electron chi connectivity index (χ0n) is 12.8. The first-order chi connectivity index (χ1) is 9.83. The van der Waals surface area contributed by atoms with Crippen molar-refractivity contribution in [1.29, 1.82) is 0 Å². The van der Waals surface area contributed by atoms with Crippen LogP contribution >= 0.6 is 0 Å². The lowest BCUT2D eigenvalue weighted by Crippen LogP contribution is -2.47. The van der Waals surface area contributed by atoms with Crippen molar-refractivity contribution in [2.75, 3.05) is 18.4 Å². The quantitative estimate of drug-likeness (QED) is 0.876. The summed E-state index contributed by atoms with van der Waals surface area (Å²) in [5.41, 5.74) is -0.476. The second-order valence-corrected chi connectivity index (χ2v) is 6.31. The Kier molecular flexibility index (Phi) is 4.55. The van der Waals surface area contributed by atoms with Gasteiger partial charge < -0.3 is 20.1 Å². The average Bonchev–Trinajstić information content (AvgIpc) is 2.40. The number of likely N-dealkylation sites (tertiary alicyclic amines) is 1. The molecule has 1 aromatic heterocycles. The molecule has 1 unspecified atom stereocenters. The Hall–Kier alpha value is -1.98. The summed E-state index contributed by atoms with van der Waals surface area (Å²) in [7, 11) is 0. The van der Waals surface area contributed by atoms with Crippen molar-refractivity contribution in [3.63, 3.8) is 0 Å². The van der Waals surface area contributed by atoms with E-state index in [1.807, 2.05) is 20.8 Å². The molecule has 0 saturated carbocycles. The molecule has 0 radical (unpaired) electrons. The van der Waals surface area contributed by atoms with Crippen LogP contribution in [-0.4, -0.2) is 45.8 Å². The van der Waals surface area contributed by atoms with Crippen molar-refractivity contribution in [3.05, 3.63) is 18.3 Å². The summed E-state index contributed by atoms with van der Waals surface area (Å²) in [4.78, 5) is 17.9.